The van der Waals surface area contributed by atoms with Gasteiger partial charge in [0.15, 0.2) is 0 Å². The second-order valence-corrected chi connectivity index (χ2v) is 7.63. The van der Waals surface area contributed by atoms with Gasteiger partial charge in [-0.15, -0.1) is 12.4 Å². The molecule has 8 heteroatoms. The molecule has 1 N–H and O–H groups in total. The minimum atomic E-state index is -3.60. The Balaban J connectivity index is 0.00000200. The zero-order valence-corrected chi connectivity index (χ0v) is 14.4. The number of piperazine rings is 1. The van der Waals surface area contributed by atoms with Crippen molar-refractivity contribution in [2.75, 3.05) is 13.1 Å². The molecule has 1 heterocycles. The first-order valence-electron chi connectivity index (χ1n) is 6.02. The molecule has 20 heavy (non-hydrogen) atoms. The average Bonchev–Trinajstić information content (AvgIpc) is 2.26. The van der Waals surface area contributed by atoms with E-state index in [9.17, 15) is 12.8 Å². The van der Waals surface area contributed by atoms with Crippen molar-refractivity contribution in [2.45, 2.75) is 30.8 Å². The van der Waals surface area contributed by atoms with Gasteiger partial charge in [-0.25, -0.2) is 12.8 Å². The fraction of sp³-hybridized carbons (Fsp3) is 0.500. The molecule has 0 radical (unpaired) electrons. The van der Waals surface area contributed by atoms with Crippen LogP contribution in [0.1, 0.15) is 13.8 Å². The molecule has 1 fully saturated rings. The van der Waals surface area contributed by atoms with Gasteiger partial charge in [-0.3, -0.25) is 0 Å². The molecule has 114 valence electrons. The highest BCUT2D eigenvalue weighted by atomic mass is 79.9. The Labute approximate surface area is 133 Å². The first-order valence-corrected chi connectivity index (χ1v) is 8.25. The second kappa shape index (κ2) is 6.70. The van der Waals surface area contributed by atoms with Crippen LogP contribution in [-0.4, -0.2) is 37.9 Å². The summed E-state index contributed by atoms with van der Waals surface area (Å²) in [5, 5.41) is 3.28. The maximum atomic E-state index is 13.1. The van der Waals surface area contributed by atoms with Crippen LogP contribution in [0, 0.1) is 5.82 Å². The number of sulfonamides is 1. The summed E-state index contributed by atoms with van der Waals surface area (Å²) in [4.78, 5) is 0.107. The van der Waals surface area contributed by atoms with E-state index < -0.39 is 15.8 Å². The Morgan fingerprint density at radius 3 is 2.35 bits per heavy atom. The normalized spacial score (nSPS) is 24.2. The quantitative estimate of drug-likeness (QED) is 0.847. The van der Waals surface area contributed by atoms with Crippen LogP contribution in [0.5, 0.6) is 0 Å². The summed E-state index contributed by atoms with van der Waals surface area (Å²) in [5.41, 5.74) is 0. The van der Waals surface area contributed by atoms with Gasteiger partial charge < -0.3 is 5.32 Å². The number of halogens is 3. The molecule has 2 rings (SSSR count). The molecule has 1 aromatic rings. The van der Waals surface area contributed by atoms with Crippen molar-refractivity contribution in [1.82, 2.24) is 9.62 Å². The fourth-order valence-electron chi connectivity index (χ4n) is 2.30. The van der Waals surface area contributed by atoms with Crippen molar-refractivity contribution in [3.63, 3.8) is 0 Å². The molecule has 1 aliphatic heterocycles. The van der Waals surface area contributed by atoms with E-state index in [0.29, 0.717) is 13.1 Å². The van der Waals surface area contributed by atoms with Gasteiger partial charge in [0.05, 0.1) is 4.90 Å². The van der Waals surface area contributed by atoms with Gasteiger partial charge in [-0.1, -0.05) is 0 Å². The zero-order chi connectivity index (χ0) is 14.2. The van der Waals surface area contributed by atoms with Crippen molar-refractivity contribution >= 4 is 38.4 Å². The van der Waals surface area contributed by atoms with Crippen LogP contribution in [0.25, 0.3) is 0 Å². The van der Waals surface area contributed by atoms with Crippen LogP contribution in [-0.2, 0) is 10.0 Å². The van der Waals surface area contributed by atoms with Crippen molar-refractivity contribution in [3.8, 4) is 0 Å². The van der Waals surface area contributed by atoms with E-state index in [1.54, 1.807) is 0 Å². The standard InChI is InChI=1S/C12H16BrFN2O2S.ClH/c1-8-6-16(7-9(2)15-8)19(17,18)12-4-3-10(14)5-11(12)13;/h3-5,8-9,15H,6-7H2,1-2H3;1H. The lowest BCUT2D eigenvalue weighted by molar-refractivity contribution is 0.263. The second-order valence-electron chi connectivity index (χ2n) is 4.87. The van der Waals surface area contributed by atoms with Crippen LogP contribution in [0.15, 0.2) is 27.6 Å². The molecule has 0 aliphatic carbocycles. The summed E-state index contributed by atoms with van der Waals surface area (Å²) in [6.07, 6.45) is 0. The van der Waals surface area contributed by atoms with E-state index in [4.69, 9.17) is 0 Å². The molecular weight excluding hydrogens is 371 g/mol. The third-order valence-electron chi connectivity index (χ3n) is 3.04. The third kappa shape index (κ3) is 3.71. The van der Waals surface area contributed by atoms with Gasteiger partial charge in [0.1, 0.15) is 5.82 Å². The van der Waals surface area contributed by atoms with E-state index in [0.717, 1.165) is 6.07 Å². The topological polar surface area (TPSA) is 49.4 Å². The monoisotopic (exact) mass is 386 g/mol. The Morgan fingerprint density at radius 1 is 1.30 bits per heavy atom. The molecule has 4 nitrogen and oxygen atoms in total. The molecule has 1 aromatic carbocycles. The van der Waals surface area contributed by atoms with Crippen molar-refractivity contribution in [1.29, 1.82) is 0 Å². The lowest BCUT2D eigenvalue weighted by Gasteiger charge is -2.35. The first-order chi connectivity index (χ1) is 8.80. The smallest absolute Gasteiger partial charge is 0.244 e. The van der Waals surface area contributed by atoms with E-state index in [1.807, 2.05) is 13.8 Å². The van der Waals surface area contributed by atoms with Gasteiger partial charge in [0.25, 0.3) is 0 Å². The number of rotatable bonds is 2. The predicted molar refractivity (Wildman–Crippen MR) is 82.2 cm³/mol. The van der Waals surface area contributed by atoms with Crippen molar-refractivity contribution < 1.29 is 12.8 Å². The fourth-order valence-corrected chi connectivity index (χ4v) is 4.92. The number of nitrogens with zero attached hydrogens (tertiary/aromatic N) is 1. The molecule has 0 spiro atoms. The summed E-state index contributed by atoms with van der Waals surface area (Å²) >= 11 is 3.12. The van der Waals surface area contributed by atoms with E-state index in [-0.39, 0.29) is 33.9 Å². The highest BCUT2D eigenvalue weighted by Crippen LogP contribution is 2.27. The molecular formula is C12H17BrClFN2O2S. The van der Waals surface area contributed by atoms with Crippen molar-refractivity contribution in [3.05, 3.63) is 28.5 Å². The van der Waals surface area contributed by atoms with Crippen LogP contribution in [0.3, 0.4) is 0 Å². The van der Waals surface area contributed by atoms with Crippen molar-refractivity contribution in [2.24, 2.45) is 0 Å². The highest BCUT2D eigenvalue weighted by molar-refractivity contribution is 9.10. The van der Waals surface area contributed by atoms with Gasteiger partial charge in [-0.2, -0.15) is 4.31 Å². The first kappa shape index (κ1) is 17.8. The molecule has 1 saturated heterocycles. The maximum absolute atomic E-state index is 13.1. The average molecular weight is 388 g/mol. The lowest BCUT2D eigenvalue weighted by Crippen LogP contribution is -2.55. The number of nitrogens with one attached hydrogen (secondary N) is 1. The van der Waals surface area contributed by atoms with Crippen LogP contribution in [0.4, 0.5) is 4.39 Å². The lowest BCUT2D eigenvalue weighted by atomic mass is 10.2. The highest BCUT2D eigenvalue weighted by Gasteiger charge is 2.32. The van der Waals surface area contributed by atoms with Gasteiger partial charge >= 0.3 is 0 Å². The van der Waals surface area contributed by atoms with Crippen LogP contribution < -0.4 is 5.32 Å². The molecule has 0 amide bonds. The van der Waals surface area contributed by atoms with Gasteiger partial charge in [0.2, 0.25) is 10.0 Å². The van der Waals surface area contributed by atoms with E-state index in [2.05, 4.69) is 21.2 Å². The molecule has 2 atom stereocenters. The Bertz CT molecular complexity index is 575. The Hall–Kier alpha value is -0.210. The summed E-state index contributed by atoms with van der Waals surface area (Å²) < 4.78 is 39.9. The summed E-state index contributed by atoms with van der Waals surface area (Å²) in [5.74, 6) is -0.465. The summed E-state index contributed by atoms with van der Waals surface area (Å²) in [6.45, 7) is 4.71. The zero-order valence-electron chi connectivity index (χ0n) is 11.1. The SMILES string of the molecule is CC1CN(S(=O)(=O)c2ccc(F)cc2Br)CC(C)N1.Cl. The molecule has 1 aliphatic rings. The minimum absolute atomic E-state index is 0. The van der Waals surface area contributed by atoms with E-state index >= 15 is 0 Å². The van der Waals surface area contributed by atoms with E-state index in [1.165, 1.54) is 16.4 Å². The number of benzene rings is 1. The predicted octanol–water partition coefficient (Wildman–Crippen LogP) is 2.38. The Morgan fingerprint density at radius 2 is 1.85 bits per heavy atom. The summed E-state index contributed by atoms with van der Waals surface area (Å²) in [7, 11) is -3.60. The number of hydrogen-bond acceptors (Lipinski definition) is 3. The molecule has 2 unspecified atom stereocenters. The largest absolute Gasteiger partial charge is 0.309 e. The molecule has 0 aromatic heterocycles. The summed E-state index contributed by atoms with van der Waals surface area (Å²) in [6, 6.07) is 3.82. The molecule has 0 saturated carbocycles. The minimum Gasteiger partial charge on any atom is -0.309 e. The van der Waals surface area contributed by atoms with Gasteiger partial charge in [0, 0.05) is 29.6 Å². The number of hydrogen-bond donors (Lipinski definition) is 1. The maximum Gasteiger partial charge on any atom is 0.244 e. The van der Waals surface area contributed by atoms with Crippen LogP contribution in [0.2, 0.25) is 0 Å². The van der Waals surface area contributed by atoms with Gasteiger partial charge in [-0.05, 0) is 48.0 Å². The van der Waals surface area contributed by atoms with Crippen LogP contribution >= 0.6 is 28.3 Å². The molecule has 0 bridgehead atoms. The Kier molecular flexibility index (Phi) is 5.98. The third-order valence-corrected chi connectivity index (χ3v) is 5.84.